The Morgan fingerprint density at radius 2 is 2.26 bits per heavy atom. The van der Waals surface area contributed by atoms with E-state index in [0.717, 1.165) is 31.3 Å². The molecule has 0 bridgehead atoms. The van der Waals surface area contributed by atoms with Gasteiger partial charge in [-0.2, -0.15) is 5.10 Å². The number of carbonyl (C=O) groups excluding carboxylic acids is 1. The molecule has 1 aliphatic rings. The summed E-state index contributed by atoms with van der Waals surface area (Å²) in [6, 6.07) is 10.7. The molecule has 140 valence electrons. The topological polar surface area (TPSA) is 76.2 Å². The van der Waals surface area contributed by atoms with Gasteiger partial charge in [-0.05, 0) is 43.5 Å². The fourth-order valence-corrected chi connectivity index (χ4v) is 3.37. The molecule has 1 aromatic heterocycles. The van der Waals surface area contributed by atoms with E-state index < -0.39 is 0 Å². The Morgan fingerprint density at radius 3 is 3.11 bits per heavy atom. The summed E-state index contributed by atoms with van der Waals surface area (Å²) in [5.74, 6) is 0.310. The number of amides is 1. The minimum Gasteiger partial charge on any atom is -0.489 e. The van der Waals surface area contributed by atoms with Crippen LogP contribution >= 0.6 is 11.6 Å². The van der Waals surface area contributed by atoms with E-state index >= 15 is 0 Å². The number of aromatic nitrogens is 2. The van der Waals surface area contributed by atoms with Gasteiger partial charge in [0.15, 0.2) is 0 Å². The summed E-state index contributed by atoms with van der Waals surface area (Å²) in [7, 11) is 0. The summed E-state index contributed by atoms with van der Waals surface area (Å²) in [5.41, 5.74) is 1.72. The highest BCUT2D eigenvalue weighted by Crippen LogP contribution is 2.30. The van der Waals surface area contributed by atoms with Crippen molar-refractivity contribution in [2.75, 3.05) is 18.5 Å². The molecular formula is C20H20ClN3O3. The van der Waals surface area contributed by atoms with Gasteiger partial charge in [0.2, 0.25) is 0 Å². The monoisotopic (exact) mass is 385 g/mol. The molecule has 7 heteroatoms. The Hall–Kier alpha value is -2.57. The highest BCUT2D eigenvalue weighted by molar-refractivity contribution is 6.31. The number of carbonyl (C=O) groups is 1. The van der Waals surface area contributed by atoms with Gasteiger partial charge >= 0.3 is 0 Å². The van der Waals surface area contributed by atoms with Crippen molar-refractivity contribution in [2.24, 2.45) is 0 Å². The SMILES string of the molecule is O=C(Nc1cc(Cl)ccc1OCC1CCCCO1)c1cccc2cn[nH]c12. The van der Waals surface area contributed by atoms with Crippen LogP contribution in [0.3, 0.4) is 0 Å². The molecule has 1 fully saturated rings. The first-order valence-electron chi connectivity index (χ1n) is 8.98. The van der Waals surface area contributed by atoms with Crippen molar-refractivity contribution in [3.05, 3.63) is 53.2 Å². The van der Waals surface area contributed by atoms with Crippen molar-refractivity contribution in [3.8, 4) is 5.75 Å². The van der Waals surface area contributed by atoms with E-state index in [9.17, 15) is 4.79 Å². The first kappa shape index (κ1) is 17.8. The highest BCUT2D eigenvalue weighted by Gasteiger charge is 2.17. The lowest BCUT2D eigenvalue weighted by molar-refractivity contribution is -0.0109. The van der Waals surface area contributed by atoms with Crippen LogP contribution in [0.15, 0.2) is 42.6 Å². The van der Waals surface area contributed by atoms with E-state index in [1.54, 1.807) is 30.5 Å². The lowest BCUT2D eigenvalue weighted by Gasteiger charge is -2.23. The Balaban J connectivity index is 1.53. The fraction of sp³-hybridized carbons (Fsp3) is 0.300. The van der Waals surface area contributed by atoms with Crippen LogP contribution in [0.5, 0.6) is 5.75 Å². The van der Waals surface area contributed by atoms with Crippen molar-refractivity contribution < 1.29 is 14.3 Å². The molecule has 0 spiro atoms. The van der Waals surface area contributed by atoms with E-state index in [2.05, 4.69) is 15.5 Å². The van der Waals surface area contributed by atoms with Crippen LogP contribution in [0.4, 0.5) is 5.69 Å². The molecule has 2 N–H and O–H groups in total. The molecule has 1 aliphatic heterocycles. The van der Waals surface area contributed by atoms with E-state index in [-0.39, 0.29) is 12.0 Å². The van der Waals surface area contributed by atoms with Gasteiger partial charge in [-0.15, -0.1) is 0 Å². The number of aromatic amines is 1. The first-order valence-corrected chi connectivity index (χ1v) is 9.36. The number of ether oxygens (including phenoxy) is 2. The summed E-state index contributed by atoms with van der Waals surface area (Å²) in [6.07, 6.45) is 4.99. The Labute approximate surface area is 161 Å². The summed E-state index contributed by atoms with van der Waals surface area (Å²) in [6.45, 7) is 1.22. The summed E-state index contributed by atoms with van der Waals surface area (Å²) >= 11 is 6.13. The quantitative estimate of drug-likeness (QED) is 0.681. The number of rotatable bonds is 5. The highest BCUT2D eigenvalue weighted by atomic mass is 35.5. The Kier molecular flexibility index (Phi) is 5.27. The largest absolute Gasteiger partial charge is 0.489 e. The molecule has 6 nitrogen and oxygen atoms in total. The first-order chi connectivity index (χ1) is 13.2. The van der Waals surface area contributed by atoms with Crippen LogP contribution in [0, 0.1) is 0 Å². The maximum absolute atomic E-state index is 12.8. The molecule has 0 saturated carbocycles. The molecule has 1 saturated heterocycles. The third-order valence-corrected chi connectivity index (χ3v) is 4.84. The van der Waals surface area contributed by atoms with Crippen molar-refractivity contribution in [2.45, 2.75) is 25.4 Å². The summed E-state index contributed by atoms with van der Waals surface area (Å²) in [5, 5.41) is 11.2. The van der Waals surface area contributed by atoms with Crippen molar-refractivity contribution in [1.82, 2.24) is 10.2 Å². The molecule has 4 rings (SSSR count). The molecule has 0 aliphatic carbocycles. The van der Waals surface area contributed by atoms with Crippen LogP contribution in [0.25, 0.3) is 10.9 Å². The van der Waals surface area contributed by atoms with Gasteiger partial charge in [-0.25, -0.2) is 0 Å². The minimum atomic E-state index is -0.258. The van der Waals surface area contributed by atoms with Crippen LogP contribution < -0.4 is 10.1 Å². The zero-order valence-corrected chi connectivity index (χ0v) is 15.5. The predicted molar refractivity (Wildman–Crippen MR) is 105 cm³/mol. The van der Waals surface area contributed by atoms with Crippen LogP contribution in [0.1, 0.15) is 29.6 Å². The van der Waals surface area contributed by atoms with Gasteiger partial charge in [-0.1, -0.05) is 23.7 Å². The third-order valence-electron chi connectivity index (χ3n) is 4.61. The van der Waals surface area contributed by atoms with Gasteiger partial charge in [0.05, 0.1) is 29.1 Å². The number of benzene rings is 2. The second-order valence-electron chi connectivity index (χ2n) is 6.53. The summed E-state index contributed by atoms with van der Waals surface area (Å²) < 4.78 is 11.6. The number of anilines is 1. The molecule has 1 unspecified atom stereocenters. The van der Waals surface area contributed by atoms with E-state index in [4.69, 9.17) is 21.1 Å². The van der Waals surface area contributed by atoms with Crippen molar-refractivity contribution in [1.29, 1.82) is 0 Å². The number of hydrogen-bond donors (Lipinski definition) is 2. The number of H-pyrrole nitrogens is 1. The standard InChI is InChI=1S/C20H20ClN3O3/c21-14-7-8-18(27-12-15-5-1-2-9-26-15)17(10-14)23-20(25)16-6-3-4-13-11-22-24-19(13)16/h3-4,6-8,10-11,15H,1-2,5,9,12H2,(H,22,24)(H,23,25). The number of fused-ring (bicyclic) bond motifs is 1. The predicted octanol–water partition coefficient (Wildman–Crippen LogP) is 4.42. The van der Waals surface area contributed by atoms with Gasteiger partial charge < -0.3 is 14.8 Å². The number of nitrogens with one attached hydrogen (secondary N) is 2. The van der Waals surface area contributed by atoms with Crippen molar-refractivity contribution in [3.63, 3.8) is 0 Å². The van der Waals surface area contributed by atoms with Crippen molar-refractivity contribution >= 4 is 34.1 Å². The number of halogens is 1. The summed E-state index contributed by atoms with van der Waals surface area (Å²) in [4.78, 5) is 12.8. The maximum Gasteiger partial charge on any atom is 0.257 e. The lowest BCUT2D eigenvalue weighted by atomic mass is 10.1. The number of para-hydroxylation sites is 1. The molecule has 2 heterocycles. The maximum atomic E-state index is 12.8. The number of hydrogen-bond acceptors (Lipinski definition) is 4. The van der Waals surface area contributed by atoms with Gasteiger partial charge in [0.1, 0.15) is 12.4 Å². The molecule has 0 radical (unpaired) electrons. The zero-order chi connectivity index (χ0) is 18.6. The average molecular weight is 386 g/mol. The van der Waals surface area contributed by atoms with Crippen LogP contribution in [-0.2, 0) is 4.74 Å². The Morgan fingerprint density at radius 1 is 1.33 bits per heavy atom. The molecule has 27 heavy (non-hydrogen) atoms. The second kappa shape index (κ2) is 7.98. The molecule has 1 atom stereocenters. The molecule has 1 amide bonds. The van der Waals surface area contributed by atoms with E-state index in [0.29, 0.717) is 34.1 Å². The normalized spacial score (nSPS) is 17.0. The van der Waals surface area contributed by atoms with Gasteiger partial charge in [0.25, 0.3) is 5.91 Å². The van der Waals surface area contributed by atoms with E-state index in [1.165, 1.54) is 0 Å². The minimum absolute atomic E-state index is 0.0803. The molecule has 3 aromatic rings. The Bertz CT molecular complexity index is 951. The fourth-order valence-electron chi connectivity index (χ4n) is 3.20. The molecule has 2 aromatic carbocycles. The lowest BCUT2D eigenvalue weighted by Crippen LogP contribution is -2.26. The number of nitrogens with zero attached hydrogens (tertiary/aromatic N) is 1. The van der Waals surface area contributed by atoms with Gasteiger partial charge in [-0.3, -0.25) is 9.89 Å². The van der Waals surface area contributed by atoms with Crippen LogP contribution in [-0.4, -0.2) is 35.4 Å². The zero-order valence-electron chi connectivity index (χ0n) is 14.7. The smallest absolute Gasteiger partial charge is 0.257 e. The average Bonchev–Trinajstić information content (AvgIpc) is 3.17. The van der Waals surface area contributed by atoms with E-state index in [1.807, 2.05) is 12.1 Å². The second-order valence-corrected chi connectivity index (χ2v) is 6.97. The molecular weight excluding hydrogens is 366 g/mol. The van der Waals surface area contributed by atoms with Crippen LogP contribution in [0.2, 0.25) is 5.02 Å². The third kappa shape index (κ3) is 4.07. The van der Waals surface area contributed by atoms with Gasteiger partial charge in [0, 0.05) is 17.0 Å².